The molecule has 0 radical (unpaired) electrons. The Kier molecular flexibility index (Phi) is 3.93. The molecule has 2 rings (SSSR count). The van der Waals surface area contributed by atoms with E-state index in [-0.39, 0.29) is 6.73 Å². The van der Waals surface area contributed by atoms with Gasteiger partial charge in [0.2, 0.25) is 0 Å². The summed E-state index contributed by atoms with van der Waals surface area (Å²) in [5, 5.41) is 0.898. The van der Waals surface area contributed by atoms with E-state index in [1.807, 2.05) is 35.8 Å². The molecular formula is C12H12BrNO3. The third-order valence-electron chi connectivity index (χ3n) is 2.45. The van der Waals surface area contributed by atoms with Gasteiger partial charge in [0.05, 0.1) is 22.3 Å². The van der Waals surface area contributed by atoms with Gasteiger partial charge >= 0.3 is 0 Å². The first-order valence-corrected chi connectivity index (χ1v) is 6.05. The first kappa shape index (κ1) is 12.3. The summed E-state index contributed by atoms with van der Waals surface area (Å²) < 4.78 is 2.54. The number of halogens is 1. The Hall–Kier alpha value is -1.17. The monoisotopic (exact) mass is 297 g/mol. The van der Waals surface area contributed by atoms with Crippen LogP contribution in [-0.4, -0.2) is 17.5 Å². The SMILES string of the molecule is CCOOCn1c(Br)c(C=O)c2ccccc21. The second-order valence-electron chi connectivity index (χ2n) is 3.42. The molecule has 4 nitrogen and oxygen atoms in total. The highest BCUT2D eigenvalue weighted by molar-refractivity contribution is 9.10. The first-order valence-electron chi connectivity index (χ1n) is 5.26. The topological polar surface area (TPSA) is 40.5 Å². The van der Waals surface area contributed by atoms with Crippen molar-refractivity contribution < 1.29 is 14.6 Å². The average Bonchev–Trinajstić information content (AvgIpc) is 2.62. The molecule has 0 bridgehead atoms. The van der Waals surface area contributed by atoms with Crippen molar-refractivity contribution in [2.75, 3.05) is 6.61 Å². The van der Waals surface area contributed by atoms with Gasteiger partial charge in [-0.1, -0.05) is 18.2 Å². The Morgan fingerprint density at radius 2 is 2.12 bits per heavy atom. The predicted molar refractivity (Wildman–Crippen MR) is 67.7 cm³/mol. The Morgan fingerprint density at radius 1 is 1.35 bits per heavy atom. The molecule has 90 valence electrons. The Balaban J connectivity index is 2.46. The number of aldehydes is 1. The minimum absolute atomic E-state index is 0.239. The number of benzene rings is 1. The standard InChI is InChI=1S/C12H12BrNO3/c1-2-16-17-8-14-11-6-4-3-5-9(11)10(7-15)12(14)13/h3-7H,2,8H2,1H3. The van der Waals surface area contributed by atoms with Crippen LogP contribution < -0.4 is 0 Å². The smallest absolute Gasteiger partial charge is 0.159 e. The van der Waals surface area contributed by atoms with Gasteiger partial charge in [-0.15, -0.1) is 0 Å². The molecule has 0 fully saturated rings. The zero-order valence-corrected chi connectivity index (χ0v) is 10.9. The number of carbonyl (C=O) groups excluding carboxylic acids is 1. The third kappa shape index (κ3) is 2.26. The van der Waals surface area contributed by atoms with Crippen molar-refractivity contribution in [2.24, 2.45) is 0 Å². The molecule has 0 aliphatic rings. The summed E-state index contributed by atoms with van der Waals surface area (Å²) in [4.78, 5) is 21.0. The van der Waals surface area contributed by atoms with Crippen LogP contribution >= 0.6 is 15.9 Å². The van der Waals surface area contributed by atoms with Crippen LogP contribution in [0, 0.1) is 0 Å². The van der Waals surface area contributed by atoms with Crippen LogP contribution in [0.5, 0.6) is 0 Å². The van der Waals surface area contributed by atoms with Crippen LogP contribution in [0.1, 0.15) is 17.3 Å². The molecule has 5 heteroatoms. The lowest BCUT2D eigenvalue weighted by molar-refractivity contribution is -0.313. The molecule has 2 aromatic rings. The fourth-order valence-electron chi connectivity index (χ4n) is 1.71. The van der Waals surface area contributed by atoms with Crippen LogP contribution in [0.15, 0.2) is 28.9 Å². The van der Waals surface area contributed by atoms with Crippen molar-refractivity contribution in [3.8, 4) is 0 Å². The molecule has 0 amide bonds. The molecule has 0 aliphatic carbocycles. The summed E-state index contributed by atoms with van der Waals surface area (Å²) in [6.45, 7) is 2.57. The second kappa shape index (κ2) is 5.44. The Bertz CT molecular complexity index is 536. The Labute approximate surface area is 107 Å². The highest BCUT2D eigenvalue weighted by atomic mass is 79.9. The van der Waals surface area contributed by atoms with Gasteiger partial charge in [-0.2, -0.15) is 0 Å². The fourth-order valence-corrected chi connectivity index (χ4v) is 2.31. The van der Waals surface area contributed by atoms with Gasteiger partial charge in [0.25, 0.3) is 0 Å². The van der Waals surface area contributed by atoms with E-state index in [1.54, 1.807) is 0 Å². The van der Waals surface area contributed by atoms with Crippen molar-refractivity contribution >= 4 is 33.1 Å². The van der Waals surface area contributed by atoms with Crippen LogP contribution in [-0.2, 0) is 16.5 Å². The largest absolute Gasteiger partial charge is 0.308 e. The van der Waals surface area contributed by atoms with E-state index in [0.717, 1.165) is 17.2 Å². The van der Waals surface area contributed by atoms with Crippen LogP contribution in [0.4, 0.5) is 0 Å². The average molecular weight is 298 g/mol. The van der Waals surface area contributed by atoms with Crippen molar-refractivity contribution in [2.45, 2.75) is 13.7 Å². The van der Waals surface area contributed by atoms with E-state index < -0.39 is 0 Å². The van der Waals surface area contributed by atoms with E-state index >= 15 is 0 Å². The zero-order valence-electron chi connectivity index (χ0n) is 9.35. The molecule has 0 unspecified atom stereocenters. The second-order valence-corrected chi connectivity index (χ2v) is 4.17. The van der Waals surface area contributed by atoms with E-state index in [9.17, 15) is 4.79 Å². The summed E-state index contributed by atoms with van der Waals surface area (Å²) in [6.07, 6.45) is 0.837. The van der Waals surface area contributed by atoms with E-state index in [4.69, 9.17) is 9.78 Å². The van der Waals surface area contributed by atoms with Gasteiger partial charge in [-0.3, -0.25) is 4.79 Å². The summed E-state index contributed by atoms with van der Waals surface area (Å²) in [6, 6.07) is 7.65. The summed E-state index contributed by atoms with van der Waals surface area (Å²) in [5.74, 6) is 0. The summed E-state index contributed by atoms with van der Waals surface area (Å²) >= 11 is 3.40. The van der Waals surface area contributed by atoms with E-state index in [0.29, 0.717) is 16.8 Å². The zero-order chi connectivity index (χ0) is 12.3. The Morgan fingerprint density at radius 3 is 2.82 bits per heavy atom. The van der Waals surface area contributed by atoms with Crippen molar-refractivity contribution in [1.82, 2.24) is 4.57 Å². The van der Waals surface area contributed by atoms with Crippen LogP contribution in [0.3, 0.4) is 0 Å². The maximum absolute atomic E-state index is 11.1. The number of fused-ring (bicyclic) bond motifs is 1. The van der Waals surface area contributed by atoms with Crippen LogP contribution in [0.25, 0.3) is 10.9 Å². The molecule has 1 heterocycles. The number of carbonyl (C=O) groups is 1. The molecule has 1 aromatic carbocycles. The predicted octanol–water partition coefficient (Wildman–Crippen LogP) is 3.14. The van der Waals surface area contributed by atoms with Crippen molar-refractivity contribution in [1.29, 1.82) is 0 Å². The summed E-state index contributed by atoms with van der Waals surface area (Å²) in [5.41, 5.74) is 1.56. The lowest BCUT2D eigenvalue weighted by Crippen LogP contribution is -2.03. The van der Waals surface area contributed by atoms with Gasteiger partial charge < -0.3 is 4.57 Å². The number of nitrogens with zero attached hydrogens (tertiary/aromatic N) is 1. The molecule has 0 N–H and O–H groups in total. The number of para-hydroxylation sites is 1. The summed E-state index contributed by atoms with van der Waals surface area (Å²) in [7, 11) is 0. The maximum atomic E-state index is 11.1. The van der Waals surface area contributed by atoms with Gasteiger partial charge in [-0.25, -0.2) is 9.78 Å². The fraction of sp³-hybridized carbons (Fsp3) is 0.250. The lowest BCUT2D eigenvalue weighted by Gasteiger charge is -2.06. The van der Waals surface area contributed by atoms with Crippen LogP contribution in [0.2, 0.25) is 0 Å². The van der Waals surface area contributed by atoms with Gasteiger partial charge in [0, 0.05) is 5.39 Å². The minimum Gasteiger partial charge on any atom is -0.308 e. The number of hydrogen-bond donors (Lipinski definition) is 0. The quantitative estimate of drug-likeness (QED) is 0.368. The molecule has 1 aromatic heterocycles. The van der Waals surface area contributed by atoms with Gasteiger partial charge in [0.1, 0.15) is 0 Å². The number of hydrogen-bond acceptors (Lipinski definition) is 3. The number of rotatable bonds is 5. The molecule has 0 saturated carbocycles. The lowest BCUT2D eigenvalue weighted by atomic mass is 10.2. The highest BCUT2D eigenvalue weighted by Gasteiger charge is 2.14. The molecule has 17 heavy (non-hydrogen) atoms. The molecule has 0 atom stereocenters. The molecule has 0 aliphatic heterocycles. The molecule has 0 spiro atoms. The maximum Gasteiger partial charge on any atom is 0.159 e. The molecule has 0 saturated heterocycles. The number of aromatic nitrogens is 1. The third-order valence-corrected chi connectivity index (χ3v) is 3.30. The van der Waals surface area contributed by atoms with Crippen molar-refractivity contribution in [3.05, 3.63) is 34.4 Å². The first-order chi connectivity index (χ1) is 8.29. The highest BCUT2D eigenvalue weighted by Crippen LogP contribution is 2.28. The van der Waals surface area contributed by atoms with Crippen molar-refractivity contribution in [3.63, 3.8) is 0 Å². The van der Waals surface area contributed by atoms with E-state index in [1.165, 1.54) is 0 Å². The normalized spacial score (nSPS) is 10.9. The van der Waals surface area contributed by atoms with Gasteiger partial charge in [-0.05, 0) is 28.9 Å². The molecular weight excluding hydrogens is 286 g/mol. The van der Waals surface area contributed by atoms with Gasteiger partial charge in [0.15, 0.2) is 13.0 Å². The van der Waals surface area contributed by atoms with E-state index in [2.05, 4.69) is 15.9 Å². The minimum atomic E-state index is 0.239.